The lowest BCUT2D eigenvalue weighted by molar-refractivity contribution is -0.297. The van der Waals surface area contributed by atoms with E-state index >= 15 is 0 Å². The molecule has 0 radical (unpaired) electrons. The number of phosphoric acid groups is 1. The van der Waals surface area contributed by atoms with Crippen molar-refractivity contribution in [3.05, 3.63) is 0 Å². The van der Waals surface area contributed by atoms with E-state index in [1.165, 1.54) is 14.2 Å². The average molecular weight is 288 g/mol. The summed E-state index contributed by atoms with van der Waals surface area (Å²) in [5.41, 5.74) is 0. The van der Waals surface area contributed by atoms with Crippen molar-refractivity contribution < 1.29 is 43.3 Å². The lowest BCUT2D eigenvalue weighted by atomic mass is 9.99. The van der Waals surface area contributed by atoms with Crippen molar-refractivity contribution in [1.82, 2.24) is 0 Å². The predicted molar refractivity (Wildman–Crippen MR) is 56.5 cm³/mol. The van der Waals surface area contributed by atoms with E-state index in [0.717, 1.165) is 0 Å². The maximum atomic E-state index is 10.6. The molecule has 0 spiro atoms. The largest absolute Gasteiger partial charge is 0.469 e. The number of aliphatic hydroxyl groups excluding tert-OH is 2. The minimum Gasteiger partial charge on any atom is -0.387 e. The van der Waals surface area contributed by atoms with Gasteiger partial charge in [-0.3, -0.25) is 4.52 Å². The summed E-state index contributed by atoms with van der Waals surface area (Å²) >= 11 is 0. The molecule has 1 rings (SSSR count). The molecule has 1 fully saturated rings. The molecule has 0 aromatic heterocycles. The normalized spacial score (nSPS) is 37.8. The number of aliphatic hydroxyl groups is 2. The van der Waals surface area contributed by atoms with Gasteiger partial charge in [-0.2, -0.15) is 0 Å². The molecule has 0 aromatic rings. The van der Waals surface area contributed by atoms with Gasteiger partial charge in [0.05, 0.1) is 6.61 Å². The van der Waals surface area contributed by atoms with E-state index in [1.54, 1.807) is 0 Å². The summed E-state index contributed by atoms with van der Waals surface area (Å²) in [5.74, 6) is 0. The van der Waals surface area contributed by atoms with Crippen LogP contribution in [0.3, 0.4) is 0 Å². The Kier molecular flexibility index (Phi) is 5.66. The standard InChI is InChI=1S/C8H17O9P/c1-14-7-4(3-16-18(11,12)13)17-8(15-2)6(10)5(7)9/h4-10H,3H2,1-2H3,(H2,11,12,13). The van der Waals surface area contributed by atoms with Gasteiger partial charge in [0.1, 0.15) is 24.4 Å². The molecule has 4 N–H and O–H groups in total. The molecular weight excluding hydrogens is 271 g/mol. The second-order valence-corrected chi connectivity index (χ2v) is 4.99. The Hall–Kier alpha value is -0.0900. The first-order valence-corrected chi connectivity index (χ1v) is 6.60. The Balaban J connectivity index is 2.71. The van der Waals surface area contributed by atoms with Crippen LogP contribution in [0.15, 0.2) is 0 Å². The minimum absolute atomic E-state index is 0.508. The lowest BCUT2D eigenvalue weighted by Crippen LogP contribution is -2.59. The highest BCUT2D eigenvalue weighted by Gasteiger charge is 2.45. The van der Waals surface area contributed by atoms with E-state index < -0.39 is 45.1 Å². The van der Waals surface area contributed by atoms with Gasteiger partial charge in [0.15, 0.2) is 6.29 Å². The van der Waals surface area contributed by atoms with Crippen molar-refractivity contribution in [3.63, 3.8) is 0 Å². The van der Waals surface area contributed by atoms with Crippen LogP contribution in [-0.4, -0.2) is 71.5 Å². The molecule has 0 saturated carbocycles. The van der Waals surface area contributed by atoms with E-state index in [0.29, 0.717) is 0 Å². The Labute approximate surface area is 103 Å². The van der Waals surface area contributed by atoms with E-state index in [4.69, 9.17) is 24.0 Å². The van der Waals surface area contributed by atoms with Crippen molar-refractivity contribution in [2.45, 2.75) is 30.7 Å². The molecule has 1 aliphatic rings. The summed E-state index contributed by atoms with van der Waals surface area (Å²) in [7, 11) is -2.13. The first-order valence-electron chi connectivity index (χ1n) is 5.07. The maximum absolute atomic E-state index is 10.6. The van der Waals surface area contributed by atoms with Crippen molar-refractivity contribution in [3.8, 4) is 0 Å². The van der Waals surface area contributed by atoms with E-state index in [-0.39, 0.29) is 0 Å². The third-order valence-corrected chi connectivity index (χ3v) is 3.04. The zero-order valence-electron chi connectivity index (χ0n) is 9.87. The number of phosphoric ester groups is 1. The minimum atomic E-state index is -4.65. The second kappa shape index (κ2) is 6.38. The van der Waals surface area contributed by atoms with Crippen molar-refractivity contribution in [1.29, 1.82) is 0 Å². The van der Waals surface area contributed by atoms with E-state index in [9.17, 15) is 14.8 Å². The Morgan fingerprint density at radius 3 is 2.22 bits per heavy atom. The quantitative estimate of drug-likeness (QED) is 0.432. The molecule has 0 aromatic carbocycles. The summed E-state index contributed by atoms with van der Waals surface area (Å²) < 4.78 is 29.8. The topological polar surface area (TPSA) is 135 Å². The van der Waals surface area contributed by atoms with Crippen LogP contribution < -0.4 is 0 Å². The Morgan fingerprint density at radius 1 is 1.17 bits per heavy atom. The van der Waals surface area contributed by atoms with Gasteiger partial charge in [-0.15, -0.1) is 0 Å². The van der Waals surface area contributed by atoms with Crippen LogP contribution in [0.1, 0.15) is 0 Å². The van der Waals surface area contributed by atoms with Gasteiger partial charge in [-0.1, -0.05) is 0 Å². The summed E-state index contributed by atoms with van der Waals surface area (Å²) in [5, 5.41) is 19.4. The maximum Gasteiger partial charge on any atom is 0.469 e. The molecule has 10 heteroatoms. The van der Waals surface area contributed by atoms with Gasteiger partial charge >= 0.3 is 7.82 Å². The molecule has 18 heavy (non-hydrogen) atoms. The van der Waals surface area contributed by atoms with Crippen LogP contribution in [0, 0.1) is 0 Å². The van der Waals surface area contributed by atoms with Gasteiger partial charge < -0.3 is 34.2 Å². The Bertz CT molecular complexity index is 305. The van der Waals surface area contributed by atoms with Crippen LogP contribution in [-0.2, 0) is 23.3 Å². The second-order valence-electron chi connectivity index (χ2n) is 3.75. The van der Waals surface area contributed by atoms with E-state index in [1.807, 2.05) is 0 Å². The number of hydrogen-bond donors (Lipinski definition) is 4. The molecule has 1 saturated heterocycles. The third kappa shape index (κ3) is 3.95. The average Bonchev–Trinajstić information content (AvgIpc) is 2.29. The molecule has 5 unspecified atom stereocenters. The van der Waals surface area contributed by atoms with Gasteiger partial charge in [-0.05, 0) is 0 Å². The molecule has 0 bridgehead atoms. The van der Waals surface area contributed by atoms with Gasteiger partial charge in [0.25, 0.3) is 0 Å². The van der Waals surface area contributed by atoms with Crippen molar-refractivity contribution in [2.24, 2.45) is 0 Å². The molecule has 9 nitrogen and oxygen atoms in total. The molecule has 0 amide bonds. The number of ether oxygens (including phenoxy) is 3. The summed E-state index contributed by atoms with van der Waals surface area (Å²) in [6.45, 7) is -0.508. The predicted octanol–water partition coefficient (Wildman–Crippen LogP) is -1.80. The highest BCUT2D eigenvalue weighted by molar-refractivity contribution is 7.46. The van der Waals surface area contributed by atoms with Crippen molar-refractivity contribution >= 4 is 7.82 Å². The van der Waals surface area contributed by atoms with Gasteiger partial charge in [0.2, 0.25) is 0 Å². The summed E-state index contributed by atoms with van der Waals surface area (Å²) in [4.78, 5) is 17.2. The summed E-state index contributed by atoms with van der Waals surface area (Å²) in [6, 6.07) is 0. The molecule has 5 atom stereocenters. The monoisotopic (exact) mass is 288 g/mol. The van der Waals surface area contributed by atoms with Crippen LogP contribution in [0.25, 0.3) is 0 Å². The Morgan fingerprint density at radius 2 is 1.78 bits per heavy atom. The molecule has 0 aliphatic carbocycles. The smallest absolute Gasteiger partial charge is 0.387 e. The molecule has 1 heterocycles. The molecule has 108 valence electrons. The van der Waals surface area contributed by atoms with Crippen LogP contribution in [0.2, 0.25) is 0 Å². The zero-order chi connectivity index (χ0) is 13.9. The zero-order valence-corrected chi connectivity index (χ0v) is 10.8. The van der Waals surface area contributed by atoms with Crippen LogP contribution >= 0.6 is 7.82 Å². The highest BCUT2D eigenvalue weighted by atomic mass is 31.2. The van der Waals surface area contributed by atoms with Crippen LogP contribution in [0.5, 0.6) is 0 Å². The first kappa shape index (κ1) is 16.0. The molecule has 1 aliphatic heterocycles. The number of methoxy groups -OCH3 is 2. The fraction of sp³-hybridized carbons (Fsp3) is 1.00. The fourth-order valence-corrected chi connectivity index (χ4v) is 2.04. The SMILES string of the molecule is COC1OC(COP(=O)(O)O)C(OC)C(O)C1O. The molecular formula is C8H17O9P. The third-order valence-electron chi connectivity index (χ3n) is 2.55. The van der Waals surface area contributed by atoms with E-state index in [2.05, 4.69) is 4.52 Å². The lowest BCUT2D eigenvalue weighted by Gasteiger charge is -2.41. The fourth-order valence-electron chi connectivity index (χ4n) is 1.70. The van der Waals surface area contributed by atoms with Crippen molar-refractivity contribution in [2.75, 3.05) is 20.8 Å². The van der Waals surface area contributed by atoms with Gasteiger partial charge in [-0.25, -0.2) is 4.57 Å². The number of hydrogen-bond acceptors (Lipinski definition) is 7. The summed E-state index contributed by atoms with van der Waals surface area (Å²) in [6.07, 6.45) is -5.74. The van der Waals surface area contributed by atoms with Gasteiger partial charge in [0, 0.05) is 14.2 Å². The highest BCUT2D eigenvalue weighted by Crippen LogP contribution is 2.37. The first-order chi connectivity index (χ1) is 8.30. The number of rotatable bonds is 5. The van der Waals surface area contributed by atoms with Crippen LogP contribution in [0.4, 0.5) is 0 Å².